The van der Waals surface area contributed by atoms with E-state index in [1.165, 1.54) is 13.8 Å². The van der Waals surface area contributed by atoms with Crippen molar-refractivity contribution in [2.24, 2.45) is 5.73 Å². The van der Waals surface area contributed by atoms with E-state index in [2.05, 4.69) is 9.47 Å². The maximum atomic E-state index is 10.1. The van der Waals surface area contributed by atoms with Crippen molar-refractivity contribution < 1.29 is 74.0 Å². The van der Waals surface area contributed by atoms with Gasteiger partial charge in [-0.2, -0.15) is 0 Å². The monoisotopic (exact) mass is 541 g/mol. The van der Waals surface area contributed by atoms with Crippen molar-refractivity contribution >= 4 is 35.8 Å². The van der Waals surface area contributed by atoms with Gasteiger partial charge in [0.25, 0.3) is 23.9 Å². The maximum absolute atomic E-state index is 10.1. The molecule has 0 aliphatic heterocycles. The molecule has 18 nitrogen and oxygen atoms in total. The first-order chi connectivity index (χ1) is 15.2. The normalized spacial score (nSPS) is 7.83. The molecule has 0 aliphatic carbocycles. The molecule has 0 fully saturated rings. The Morgan fingerprint density at radius 1 is 0.556 bits per heavy atom. The van der Waals surface area contributed by atoms with Crippen molar-refractivity contribution in [1.29, 1.82) is 0 Å². The van der Waals surface area contributed by atoms with Gasteiger partial charge in [0.05, 0.1) is 25.4 Å². The lowest BCUT2D eigenvalue weighted by atomic mass is 10.1. The predicted molar refractivity (Wildman–Crippen MR) is 125 cm³/mol. The molecule has 220 valence electrons. The number of hydrogen-bond acceptors (Lipinski definition) is 14. The Morgan fingerprint density at radius 3 is 0.750 bits per heavy atom. The van der Waals surface area contributed by atoms with E-state index in [1.807, 2.05) is 0 Å². The fraction of sp³-hybridized carbons (Fsp3) is 0.667. The van der Waals surface area contributed by atoms with E-state index in [1.54, 1.807) is 0 Å². The second kappa shape index (κ2) is 38.8. The van der Waals surface area contributed by atoms with Gasteiger partial charge >= 0.3 is 11.9 Å². The first-order valence-electron chi connectivity index (χ1n) is 8.90. The molecule has 0 spiro atoms. The molecule has 0 aliphatic rings. The summed E-state index contributed by atoms with van der Waals surface area (Å²) in [5.74, 6) is -4.07. The molecule has 0 heterocycles. The molecular weight excluding hydrogens is 498 g/mol. The Hall–Kier alpha value is -3.42. The number of hydrogen-bond donors (Lipinski definition) is 10. The first-order valence-corrected chi connectivity index (χ1v) is 8.90. The largest absolute Gasteiger partial charge is 0.481 e. The number of aliphatic hydroxyl groups is 3. The van der Waals surface area contributed by atoms with Crippen LogP contribution < -0.4 is 18.0 Å². The van der Waals surface area contributed by atoms with E-state index in [4.69, 9.17) is 60.7 Å². The highest BCUT2D eigenvalue weighted by atomic mass is 16.6. The van der Waals surface area contributed by atoms with Crippen LogP contribution in [-0.2, 0) is 38.2 Å². The van der Waals surface area contributed by atoms with Gasteiger partial charge in [0.1, 0.15) is 13.2 Å². The van der Waals surface area contributed by atoms with Crippen LogP contribution in [-0.4, -0.2) is 110 Å². The third-order valence-corrected chi connectivity index (χ3v) is 1.64. The van der Waals surface area contributed by atoms with Gasteiger partial charge in [-0.15, -0.1) is 0 Å². The number of aliphatic hydroxyl groups excluding tert-OH is 3. The molecule has 36 heavy (non-hydrogen) atoms. The molecule has 0 radical (unpaired) electrons. The van der Waals surface area contributed by atoms with Crippen LogP contribution >= 0.6 is 0 Å². The SMILES string of the molecule is CC(=O)O.CC(=O)O.CC(=O)O.CC(=O)O.CC(=O)OCCOC(C)=O.N.N.NC(CO)(CO)CO. The van der Waals surface area contributed by atoms with E-state index in [0.717, 1.165) is 27.7 Å². The predicted octanol–water partition coefficient (Wildman–Crippen LogP) is -1.54. The van der Waals surface area contributed by atoms with Crippen LogP contribution in [0.1, 0.15) is 41.5 Å². The minimum absolute atomic E-state index is 0. The quantitative estimate of drug-likeness (QED) is 0.134. The summed E-state index contributed by atoms with van der Waals surface area (Å²) in [5, 5.41) is 54.7. The summed E-state index contributed by atoms with van der Waals surface area (Å²) < 4.78 is 8.95. The summed E-state index contributed by atoms with van der Waals surface area (Å²) >= 11 is 0. The van der Waals surface area contributed by atoms with Gasteiger partial charge in [0, 0.05) is 41.5 Å². The first kappa shape index (κ1) is 53.8. The molecule has 0 bridgehead atoms. The maximum Gasteiger partial charge on any atom is 0.302 e. The second-order valence-corrected chi connectivity index (χ2v) is 5.59. The van der Waals surface area contributed by atoms with Crippen molar-refractivity contribution in [2.45, 2.75) is 47.1 Å². The van der Waals surface area contributed by atoms with Crippen LogP contribution in [0.15, 0.2) is 0 Å². The molecule has 0 saturated heterocycles. The number of carboxylic acid groups (broad SMARTS) is 4. The summed E-state index contributed by atoms with van der Waals surface area (Å²) in [6, 6.07) is 0. The van der Waals surface area contributed by atoms with Crippen LogP contribution in [0.25, 0.3) is 0 Å². The minimum atomic E-state index is -1.21. The Balaban J connectivity index is -0.0000000453. The van der Waals surface area contributed by atoms with Crippen molar-refractivity contribution in [3.63, 3.8) is 0 Å². The van der Waals surface area contributed by atoms with Gasteiger partial charge in [-0.1, -0.05) is 0 Å². The van der Waals surface area contributed by atoms with Crippen LogP contribution in [0.4, 0.5) is 0 Å². The van der Waals surface area contributed by atoms with Gasteiger partial charge in [0.2, 0.25) is 0 Å². The number of nitrogens with two attached hydrogens (primary N) is 1. The average Bonchev–Trinajstić information content (AvgIpc) is 2.63. The zero-order chi connectivity index (χ0) is 28.9. The van der Waals surface area contributed by atoms with E-state index >= 15 is 0 Å². The number of ether oxygens (including phenoxy) is 2. The van der Waals surface area contributed by atoms with E-state index in [0.29, 0.717) is 0 Å². The summed E-state index contributed by atoms with van der Waals surface area (Å²) in [7, 11) is 0. The summed E-state index contributed by atoms with van der Waals surface area (Å²) in [4.78, 5) is 56.3. The molecular formula is C18H43N3O15. The lowest BCUT2D eigenvalue weighted by molar-refractivity contribution is -0.149. The topological polar surface area (TPSA) is 359 Å². The number of carboxylic acids is 4. The molecule has 0 rings (SSSR count). The lowest BCUT2D eigenvalue weighted by Crippen LogP contribution is -2.50. The zero-order valence-electron chi connectivity index (χ0n) is 21.4. The molecule has 0 unspecified atom stereocenters. The highest BCUT2D eigenvalue weighted by molar-refractivity contribution is 5.66. The molecule has 15 N–H and O–H groups in total. The van der Waals surface area contributed by atoms with E-state index in [-0.39, 0.29) is 37.5 Å². The van der Waals surface area contributed by atoms with E-state index in [9.17, 15) is 9.59 Å². The molecule has 18 heteroatoms. The smallest absolute Gasteiger partial charge is 0.302 e. The van der Waals surface area contributed by atoms with Crippen molar-refractivity contribution in [3.8, 4) is 0 Å². The number of esters is 2. The van der Waals surface area contributed by atoms with Crippen LogP contribution in [0.3, 0.4) is 0 Å². The molecule has 0 aromatic rings. The van der Waals surface area contributed by atoms with E-state index < -0.39 is 49.2 Å². The fourth-order valence-corrected chi connectivity index (χ4v) is 0.521. The molecule has 0 saturated carbocycles. The standard InChI is InChI=1S/C6H10O4.C4H11NO3.4C2H4O2.2H3N/c1-5(7)9-3-4-10-6(2)8;5-4(1-6,2-7)3-8;4*1-2(3)4;;/h3-4H2,1-2H3;6-8H,1-3,5H2;4*1H3,(H,3,4);2*1H3. The number of rotatable bonds is 6. The van der Waals surface area contributed by atoms with Crippen LogP contribution in [0, 0.1) is 0 Å². The van der Waals surface area contributed by atoms with Crippen LogP contribution in [0.2, 0.25) is 0 Å². The van der Waals surface area contributed by atoms with Crippen molar-refractivity contribution in [2.75, 3.05) is 33.0 Å². The van der Waals surface area contributed by atoms with Gasteiger partial charge in [-0.25, -0.2) is 0 Å². The fourth-order valence-electron chi connectivity index (χ4n) is 0.521. The highest BCUT2D eigenvalue weighted by Gasteiger charge is 2.20. The average molecular weight is 542 g/mol. The summed E-state index contributed by atoms with van der Waals surface area (Å²) in [5.41, 5.74) is 3.94. The minimum Gasteiger partial charge on any atom is -0.481 e. The molecule has 0 atom stereocenters. The molecule has 0 amide bonds. The van der Waals surface area contributed by atoms with Gasteiger partial charge < -0.3 is 63.3 Å². The van der Waals surface area contributed by atoms with Gasteiger partial charge in [0.15, 0.2) is 0 Å². The Kier molecular flexibility index (Phi) is 58.0. The Bertz CT molecular complexity index is 480. The Labute approximate surface area is 208 Å². The van der Waals surface area contributed by atoms with Crippen LogP contribution in [0.5, 0.6) is 0 Å². The number of aliphatic carboxylic acids is 4. The highest BCUT2D eigenvalue weighted by Crippen LogP contribution is 1.93. The zero-order valence-corrected chi connectivity index (χ0v) is 21.4. The molecule has 0 aromatic carbocycles. The third kappa shape index (κ3) is 169. The third-order valence-electron chi connectivity index (χ3n) is 1.64. The van der Waals surface area contributed by atoms with Crippen molar-refractivity contribution in [3.05, 3.63) is 0 Å². The summed E-state index contributed by atoms with van der Waals surface area (Å²) in [6.45, 7) is 5.99. The van der Waals surface area contributed by atoms with Crippen molar-refractivity contribution in [1.82, 2.24) is 12.3 Å². The number of carbonyl (C=O) groups is 6. The second-order valence-electron chi connectivity index (χ2n) is 5.59. The van der Waals surface area contributed by atoms with Gasteiger partial charge in [-0.05, 0) is 0 Å². The Morgan fingerprint density at radius 2 is 0.694 bits per heavy atom. The lowest BCUT2D eigenvalue weighted by Gasteiger charge is -2.20. The summed E-state index contributed by atoms with van der Waals surface area (Å²) in [6.07, 6.45) is 0. The van der Waals surface area contributed by atoms with Gasteiger partial charge in [-0.3, -0.25) is 28.8 Å². The number of carbonyl (C=O) groups excluding carboxylic acids is 2. The molecule has 0 aromatic heterocycles.